The van der Waals surface area contributed by atoms with Crippen molar-refractivity contribution in [1.82, 2.24) is 0 Å². The van der Waals surface area contributed by atoms with E-state index < -0.39 is 9.85 Å². The van der Waals surface area contributed by atoms with Gasteiger partial charge < -0.3 is 4.74 Å². The lowest BCUT2D eigenvalue weighted by molar-refractivity contribution is -0.385. The predicted octanol–water partition coefficient (Wildman–Crippen LogP) is 3.45. The maximum atomic E-state index is 11.0. The van der Waals surface area contributed by atoms with Gasteiger partial charge in [0.2, 0.25) is 5.75 Å². The molecule has 0 saturated carbocycles. The molecule has 2 aromatic carbocycles. The molecular weight excluding hydrogens is 302 g/mol. The van der Waals surface area contributed by atoms with Gasteiger partial charge in [-0.15, -0.1) is 0 Å². The van der Waals surface area contributed by atoms with Crippen LogP contribution in [0.5, 0.6) is 5.75 Å². The minimum absolute atomic E-state index is 0.0302. The van der Waals surface area contributed by atoms with E-state index >= 15 is 0 Å². The number of hydrogen-bond donors (Lipinski definition) is 0. The lowest BCUT2D eigenvalue weighted by Crippen LogP contribution is -1.99. The van der Waals surface area contributed by atoms with E-state index in [2.05, 4.69) is 0 Å². The fourth-order valence-corrected chi connectivity index (χ4v) is 1.79. The van der Waals surface area contributed by atoms with Gasteiger partial charge >= 0.3 is 5.69 Å². The normalized spacial score (nSPS) is 10.7. The van der Waals surface area contributed by atoms with Gasteiger partial charge in [-0.3, -0.25) is 20.2 Å². The molecule has 8 nitrogen and oxygen atoms in total. The second kappa shape index (κ2) is 6.82. The first-order chi connectivity index (χ1) is 11.0. The average molecular weight is 311 g/mol. The molecule has 0 aliphatic heterocycles. The van der Waals surface area contributed by atoms with E-state index in [1.54, 1.807) is 12.1 Å². The fourth-order valence-electron chi connectivity index (χ4n) is 1.79. The minimum atomic E-state index is -0.602. The Balaban J connectivity index is 2.38. The highest BCUT2D eigenvalue weighted by atomic mass is 16.6. The van der Waals surface area contributed by atoms with E-state index in [9.17, 15) is 20.2 Å². The quantitative estimate of drug-likeness (QED) is 0.361. The zero-order valence-electron chi connectivity index (χ0n) is 11.6. The summed E-state index contributed by atoms with van der Waals surface area (Å²) in [4.78, 5) is 20.5. The van der Waals surface area contributed by atoms with Gasteiger partial charge in [0, 0.05) is 23.8 Å². The molecule has 0 spiro atoms. The van der Waals surface area contributed by atoms with Crippen LogP contribution in [0.15, 0.2) is 54.6 Å². The number of hydrogen-bond acceptors (Lipinski definition) is 6. The Bertz CT molecular complexity index is 822. The highest BCUT2D eigenvalue weighted by Crippen LogP contribution is 2.30. The Labute approximate surface area is 130 Å². The number of nitriles is 1. The first kappa shape index (κ1) is 15.7. The summed E-state index contributed by atoms with van der Waals surface area (Å²) in [6.07, 6.45) is 1.07. The van der Waals surface area contributed by atoms with E-state index in [1.807, 2.05) is 0 Å². The summed E-state index contributed by atoms with van der Waals surface area (Å²) >= 11 is 0. The smallest absolute Gasteiger partial charge is 0.311 e. The number of nitro benzene ring substituents is 2. The topological polar surface area (TPSA) is 119 Å². The zero-order chi connectivity index (χ0) is 16.8. The van der Waals surface area contributed by atoms with Crippen LogP contribution < -0.4 is 4.74 Å². The van der Waals surface area contributed by atoms with E-state index in [0.717, 1.165) is 6.08 Å². The summed E-state index contributed by atoms with van der Waals surface area (Å²) in [5, 5.41) is 30.5. The van der Waals surface area contributed by atoms with Gasteiger partial charge in [0.05, 0.1) is 22.0 Å². The Kier molecular flexibility index (Phi) is 4.64. The van der Waals surface area contributed by atoms with Crippen molar-refractivity contribution in [3.05, 3.63) is 80.4 Å². The monoisotopic (exact) mass is 311 g/mol. The SMILES string of the molecule is N#C/C=C(/Oc1ccccc1[N+](=O)[O-])c1ccc([N+](=O)[O-])cc1. The molecule has 0 N–H and O–H groups in total. The fraction of sp³-hybridized carbons (Fsp3) is 0. The van der Waals surface area contributed by atoms with Gasteiger partial charge in [0.1, 0.15) is 5.76 Å². The van der Waals surface area contributed by atoms with Gasteiger partial charge in [-0.05, 0) is 18.2 Å². The van der Waals surface area contributed by atoms with Gasteiger partial charge in [-0.2, -0.15) is 5.26 Å². The van der Waals surface area contributed by atoms with E-state index in [1.165, 1.54) is 42.5 Å². The molecule has 0 radical (unpaired) electrons. The second-order valence-electron chi connectivity index (χ2n) is 4.27. The van der Waals surface area contributed by atoms with Crippen LogP contribution >= 0.6 is 0 Å². The third-order valence-electron chi connectivity index (χ3n) is 2.84. The summed E-state index contributed by atoms with van der Waals surface area (Å²) in [5.41, 5.74) is 0.0179. The average Bonchev–Trinajstić information content (AvgIpc) is 2.55. The number of ether oxygens (including phenoxy) is 1. The van der Waals surface area contributed by atoms with Gasteiger partial charge in [-0.25, -0.2) is 0 Å². The number of allylic oxidation sites excluding steroid dienone is 1. The Morgan fingerprint density at radius 2 is 1.70 bits per heavy atom. The molecule has 23 heavy (non-hydrogen) atoms. The number of rotatable bonds is 5. The lowest BCUT2D eigenvalue weighted by atomic mass is 10.1. The summed E-state index contributed by atoms with van der Waals surface area (Å²) in [6.45, 7) is 0. The molecule has 0 atom stereocenters. The van der Waals surface area contributed by atoms with Crippen LogP contribution in [0.1, 0.15) is 5.56 Å². The van der Waals surface area contributed by atoms with E-state index in [0.29, 0.717) is 5.56 Å². The summed E-state index contributed by atoms with van der Waals surface area (Å²) in [5.74, 6) is 0.0223. The van der Waals surface area contributed by atoms with Crippen LogP contribution in [-0.4, -0.2) is 9.85 Å². The number of benzene rings is 2. The summed E-state index contributed by atoms with van der Waals surface area (Å²) in [7, 11) is 0. The molecule has 2 aromatic rings. The van der Waals surface area contributed by atoms with Crippen molar-refractivity contribution < 1.29 is 14.6 Å². The molecule has 0 heterocycles. The van der Waals surface area contributed by atoms with Gasteiger partial charge in [0.25, 0.3) is 5.69 Å². The van der Waals surface area contributed by atoms with Gasteiger partial charge in [0.15, 0.2) is 0 Å². The Hall–Kier alpha value is -3.73. The minimum Gasteiger partial charge on any atom is -0.449 e. The number of para-hydroxylation sites is 2. The van der Waals surface area contributed by atoms with Crippen LogP contribution in [0.3, 0.4) is 0 Å². The van der Waals surface area contributed by atoms with Crippen molar-refractivity contribution in [1.29, 1.82) is 5.26 Å². The first-order valence-electron chi connectivity index (χ1n) is 6.29. The van der Waals surface area contributed by atoms with Crippen LogP contribution in [0.25, 0.3) is 5.76 Å². The van der Waals surface area contributed by atoms with Gasteiger partial charge in [-0.1, -0.05) is 12.1 Å². The zero-order valence-corrected chi connectivity index (χ0v) is 11.6. The van der Waals surface area contributed by atoms with Crippen LogP contribution in [0.4, 0.5) is 11.4 Å². The lowest BCUT2D eigenvalue weighted by Gasteiger charge is -2.09. The van der Waals surface area contributed by atoms with Crippen molar-refractivity contribution in [2.75, 3.05) is 0 Å². The molecule has 0 aliphatic rings. The Morgan fingerprint density at radius 1 is 1.04 bits per heavy atom. The van der Waals surface area contributed by atoms with Crippen LogP contribution in [-0.2, 0) is 0 Å². The van der Waals surface area contributed by atoms with Crippen molar-refractivity contribution in [3.63, 3.8) is 0 Å². The molecule has 0 aliphatic carbocycles. The first-order valence-corrected chi connectivity index (χ1v) is 6.29. The highest BCUT2D eigenvalue weighted by molar-refractivity contribution is 5.66. The number of nitrogens with zero attached hydrogens (tertiary/aromatic N) is 3. The predicted molar refractivity (Wildman–Crippen MR) is 80.4 cm³/mol. The molecule has 0 saturated heterocycles. The number of non-ortho nitro benzene ring substituents is 1. The van der Waals surface area contributed by atoms with E-state index in [-0.39, 0.29) is 22.9 Å². The number of nitro groups is 2. The third kappa shape index (κ3) is 3.68. The Morgan fingerprint density at radius 3 is 2.26 bits per heavy atom. The van der Waals surface area contributed by atoms with Crippen LogP contribution in [0, 0.1) is 31.6 Å². The molecule has 2 rings (SSSR count). The van der Waals surface area contributed by atoms with Crippen LogP contribution in [0.2, 0.25) is 0 Å². The molecule has 0 fully saturated rings. The molecule has 0 aromatic heterocycles. The maximum Gasteiger partial charge on any atom is 0.311 e. The van der Waals surface area contributed by atoms with Crippen molar-refractivity contribution >= 4 is 17.1 Å². The summed E-state index contributed by atoms with van der Waals surface area (Å²) in [6, 6.07) is 12.8. The molecule has 114 valence electrons. The van der Waals surface area contributed by atoms with Crippen molar-refractivity contribution in [3.8, 4) is 11.8 Å². The molecule has 0 bridgehead atoms. The third-order valence-corrected chi connectivity index (χ3v) is 2.84. The largest absolute Gasteiger partial charge is 0.449 e. The highest BCUT2D eigenvalue weighted by Gasteiger charge is 2.17. The van der Waals surface area contributed by atoms with Crippen molar-refractivity contribution in [2.45, 2.75) is 0 Å². The molecule has 0 amide bonds. The second-order valence-corrected chi connectivity index (χ2v) is 4.27. The standard InChI is InChI=1S/C15H9N3O5/c16-10-9-14(11-5-7-12(8-6-11)17(19)20)23-15-4-2-1-3-13(15)18(21)22/h1-9H/b14-9+. The van der Waals surface area contributed by atoms with E-state index in [4.69, 9.17) is 10.00 Å². The molecule has 8 heteroatoms. The molecular formula is C15H9N3O5. The maximum absolute atomic E-state index is 11.0. The van der Waals surface area contributed by atoms with Crippen molar-refractivity contribution in [2.24, 2.45) is 0 Å². The molecule has 0 unspecified atom stereocenters. The summed E-state index contributed by atoms with van der Waals surface area (Å²) < 4.78 is 5.46.